The van der Waals surface area contributed by atoms with E-state index in [2.05, 4.69) is 15.9 Å². The molecular formula is C14H12BrOP. The molecule has 0 radical (unpaired) electrons. The first kappa shape index (κ1) is 12.5. The molecule has 0 saturated heterocycles. The Hall–Kier alpha value is -0.980. The lowest BCUT2D eigenvalue weighted by atomic mass is 10.4. The van der Waals surface area contributed by atoms with Crippen LogP contribution in [0.5, 0.6) is 0 Å². The first-order valence-corrected chi connectivity index (χ1v) is 7.78. The highest BCUT2D eigenvalue weighted by Gasteiger charge is 2.20. The van der Waals surface area contributed by atoms with Crippen molar-refractivity contribution in [1.29, 1.82) is 0 Å². The van der Waals surface area contributed by atoms with Gasteiger partial charge in [0.15, 0.2) is 5.52 Å². The molecule has 2 aromatic carbocycles. The van der Waals surface area contributed by atoms with Gasteiger partial charge in [0.1, 0.15) is 0 Å². The normalized spacial score (nSPS) is 10.5. The highest BCUT2D eigenvalue weighted by molar-refractivity contribution is 9.09. The quantitative estimate of drug-likeness (QED) is 0.627. The minimum absolute atomic E-state index is 0.248. The fourth-order valence-electron chi connectivity index (χ4n) is 1.65. The van der Waals surface area contributed by atoms with Gasteiger partial charge in [-0.1, -0.05) is 76.6 Å². The van der Waals surface area contributed by atoms with E-state index in [9.17, 15) is 4.79 Å². The number of hydrogen-bond acceptors (Lipinski definition) is 1. The van der Waals surface area contributed by atoms with Gasteiger partial charge in [0.05, 0.1) is 5.33 Å². The molecule has 0 aliphatic carbocycles. The Kier molecular flexibility index (Phi) is 4.47. The summed E-state index contributed by atoms with van der Waals surface area (Å²) in [5.41, 5.74) is 0.248. The van der Waals surface area contributed by atoms with Crippen LogP contribution in [0, 0.1) is 0 Å². The van der Waals surface area contributed by atoms with E-state index in [-0.39, 0.29) is 5.52 Å². The molecule has 86 valence electrons. The van der Waals surface area contributed by atoms with Crippen molar-refractivity contribution < 1.29 is 4.79 Å². The van der Waals surface area contributed by atoms with Crippen molar-refractivity contribution in [3.05, 3.63) is 60.7 Å². The molecule has 0 aliphatic heterocycles. The van der Waals surface area contributed by atoms with Crippen LogP contribution in [-0.2, 0) is 4.79 Å². The predicted molar refractivity (Wildman–Crippen MR) is 77.9 cm³/mol. The largest absolute Gasteiger partial charge is 0.293 e. The Bertz CT molecular complexity index is 445. The molecular weight excluding hydrogens is 295 g/mol. The number of halogens is 1. The number of carbonyl (C=O) groups excluding carboxylic acids is 1. The highest BCUT2D eigenvalue weighted by Crippen LogP contribution is 2.34. The average Bonchev–Trinajstić information content (AvgIpc) is 2.41. The predicted octanol–water partition coefficient (Wildman–Crippen LogP) is 3.04. The lowest BCUT2D eigenvalue weighted by Gasteiger charge is -2.15. The molecule has 3 heteroatoms. The fraction of sp³-hybridized carbons (Fsp3) is 0.0714. The van der Waals surface area contributed by atoms with E-state index < -0.39 is 7.92 Å². The van der Waals surface area contributed by atoms with E-state index in [0.717, 1.165) is 10.6 Å². The molecule has 0 saturated carbocycles. The molecule has 0 fully saturated rings. The maximum atomic E-state index is 12.1. The molecule has 0 amide bonds. The van der Waals surface area contributed by atoms with Crippen LogP contribution in [0.1, 0.15) is 0 Å². The molecule has 0 heterocycles. The van der Waals surface area contributed by atoms with E-state index in [4.69, 9.17) is 0 Å². The third-order valence-electron chi connectivity index (χ3n) is 2.39. The first-order valence-electron chi connectivity index (χ1n) is 5.32. The van der Waals surface area contributed by atoms with E-state index in [0.29, 0.717) is 5.33 Å². The van der Waals surface area contributed by atoms with E-state index in [1.54, 1.807) is 0 Å². The Balaban J connectivity index is 2.43. The summed E-state index contributed by atoms with van der Waals surface area (Å²) >= 11 is 3.28. The fourth-order valence-corrected chi connectivity index (χ4v) is 4.34. The molecule has 0 aromatic heterocycles. The van der Waals surface area contributed by atoms with Crippen LogP contribution in [-0.4, -0.2) is 10.9 Å². The summed E-state index contributed by atoms with van der Waals surface area (Å²) in [7, 11) is -0.898. The zero-order valence-corrected chi connectivity index (χ0v) is 11.7. The zero-order valence-electron chi connectivity index (χ0n) is 9.21. The van der Waals surface area contributed by atoms with Gasteiger partial charge in [0.25, 0.3) is 0 Å². The van der Waals surface area contributed by atoms with Crippen molar-refractivity contribution in [1.82, 2.24) is 0 Å². The maximum Gasteiger partial charge on any atom is 0.173 e. The molecule has 2 aromatic rings. The molecule has 0 aliphatic rings. The Labute approximate surface area is 111 Å². The second kappa shape index (κ2) is 6.09. The van der Waals surface area contributed by atoms with E-state index in [1.165, 1.54) is 0 Å². The van der Waals surface area contributed by atoms with Crippen molar-refractivity contribution in [2.24, 2.45) is 0 Å². The van der Waals surface area contributed by atoms with Crippen LogP contribution < -0.4 is 10.6 Å². The molecule has 0 unspecified atom stereocenters. The van der Waals surface area contributed by atoms with Crippen molar-refractivity contribution in [2.75, 3.05) is 5.33 Å². The smallest absolute Gasteiger partial charge is 0.173 e. The first-order chi connectivity index (χ1) is 8.33. The molecule has 0 N–H and O–H groups in total. The number of hydrogen-bond donors (Lipinski definition) is 0. The van der Waals surface area contributed by atoms with Gasteiger partial charge in [-0.05, 0) is 10.6 Å². The van der Waals surface area contributed by atoms with Crippen LogP contribution >= 0.6 is 23.9 Å². The van der Waals surface area contributed by atoms with Crippen LogP contribution in [0.2, 0.25) is 0 Å². The average molecular weight is 307 g/mol. The summed E-state index contributed by atoms with van der Waals surface area (Å²) in [5.74, 6) is 0. The van der Waals surface area contributed by atoms with Crippen LogP contribution in [0.25, 0.3) is 0 Å². The van der Waals surface area contributed by atoms with Gasteiger partial charge >= 0.3 is 0 Å². The SMILES string of the molecule is O=C(CBr)P(c1ccccc1)c1ccccc1. The lowest BCUT2D eigenvalue weighted by Crippen LogP contribution is -2.18. The highest BCUT2D eigenvalue weighted by atomic mass is 79.9. The third-order valence-corrected chi connectivity index (χ3v) is 5.62. The van der Waals surface area contributed by atoms with Crippen molar-refractivity contribution in [3.8, 4) is 0 Å². The molecule has 0 spiro atoms. The second-order valence-electron chi connectivity index (χ2n) is 3.53. The minimum atomic E-state index is -0.898. The lowest BCUT2D eigenvalue weighted by molar-refractivity contribution is -0.109. The van der Waals surface area contributed by atoms with Crippen molar-refractivity contribution >= 4 is 40.0 Å². The monoisotopic (exact) mass is 306 g/mol. The van der Waals surface area contributed by atoms with Gasteiger partial charge in [-0.25, -0.2) is 0 Å². The maximum absolute atomic E-state index is 12.1. The number of benzene rings is 2. The molecule has 2 rings (SSSR count). The van der Waals surface area contributed by atoms with E-state index in [1.807, 2.05) is 60.7 Å². The number of alkyl halides is 1. The Morgan fingerprint density at radius 1 is 0.882 bits per heavy atom. The minimum Gasteiger partial charge on any atom is -0.293 e. The van der Waals surface area contributed by atoms with Crippen LogP contribution in [0.15, 0.2) is 60.7 Å². The van der Waals surface area contributed by atoms with Gasteiger partial charge in [-0.2, -0.15) is 0 Å². The molecule has 0 bridgehead atoms. The van der Waals surface area contributed by atoms with Gasteiger partial charge in [-0.15, -0.1) is 0 Å². The van der Waals surface area contributed by atoms with Gasteiger partial charge < -0.3 is 0 Å². The van der Waals surface area contributed by atoms with Crippen LogP contribution in [0.3, 0.4) is 0 Å². The van der Waals surface area contributed by atoms with Crippen molar-refractivity contribution in [3.63, 3.8) is 0 Å². The summed E-state index contributed by atoms with van der Waals surface area (Å²) in [6, 6.07) is 20.0. The topological polar surface area (TPSA) is 17.1 Å². The summed E-state index contributed by atoms with van der Waals surface area (Å²) in [6.07, 6.45) is 0. The third kappa shape index (κ3) is 3.02. The summed E-state index contributed by atoms with van der Waals surface area (Å²) in [5, 5.41) is 2.62. The summed E-state index contributed by atoms with van der Waals surface area (Å²) in [4.78, 5) is 12.1. The second-order valence-corrected chi connectivity index (χ2v) is 6.30. The van der Waals surface area contributed by atoms with Crippen LogP contribution in [0.4, 0.5) is 0 Å². The van der Waals surface area contributed by atoms with Crippen molar-refractivity contribution in [2.45, 2.75) is 0 Å². The van der Waals surface area contributed by atoms with Gasteiger partial charge in [0, 0.05) is 7.92 Å². The Morgan fingerprint density at radius 2 is 1.29 bits per heavy atom. The molecule has 1 nitrogen and oxygen atoms in total. The van der Waals surface area contributed by atoms with Gasteiger partial charge in [-0.3, -0.25) is 4.79 Å². The number of rotatable bonds is 4. The standard InChI is InChI=1S/C14H12BrOP/c15-11-14(16)17(12-7-3-1-4-8-12)13-9-5-2-6-10-13/h1-10H,11H2. The summed E-state index contributed by atoms with van der Waals surface area (Å²) < 4.78 is 0. The Morgan fingerprint density at radius 3 is 1.65 bits per heavy atom. The van der Waals surface area contributed by atoms with Gasteiger partial charge in [0.2, 0.25) is 0 Å². The molecule has 17 heavy (non-hydrogen) atoms. The zero-order chi connectivity index (χ0) is 12.1. The summed E-state index contributed by atoms with van der Waals surface area (Å²) in [6.45, 7) is 0. The molecule has 0 atom stereocenters. The van der Waals surface area contributed by atoms with E-state index >= 15 is 0 Å². The number of carbonyl (C=O) groups is 1.